The van der Waals surface area contributed by atoms with Crippen LogP contribution < -0.4 is 5.32 Å². The van der Waals surface area contributed by atoms with Crippen molar-refractivity contribution in [3.05, 3.63) is 24.3 Å². The number of aliphatic hydroxyl groups excluding tert-OH is 4. The minimum atomic E-state index is -5.08. The van der Waals surface area contributed by atoms with E-state index in [4.69, 9.17) is 9.47 Å². The minimum Gasteiger partial charge on any atom is -0.394 e. The van der Waals surface area contributed by atoms with Gasteiger partial charge in [-0.15, -0.1) is 0 Å². The van der Waals surface area contributed by atoms with Crippen molar-refractivity contribution < 1.29 is 51.8 Å². The SMILES string of the molecule is CCCCCCCCCCCCCCCCC/C=C\C/C=C\CCCCCCCCCCCCCCCCCCCC(=O)NC(COC1OC(CO)C(O)C(OS(=O)(=O)O)C1O)C(O)CCCCCCCCCCCCCC. The van der Waals surface area contributed by atoms with Gasteiger partial charge in [-0.3, -0.25) is 9.35 Å². The quantitative estimate of drug-likeness (QED) is 0.0193. The van der Waals surface area contributed by atoms with Gasteiger partial charge in [-0.2, -0.15) is 8.42 Å². The molecule has 1 aliphatic rings. The number of hydrogen-bond acceptors (Lipinski definition) is 10. The Balaban J connectivity index is 2.12. The van der Waals surface area contributed by atoms with Crippen LogP contribution in [-0.4, -0.2) is 95.4 Å². The maximum Gasteiger partial charge on any atom is 0.397 e. The van der Waals surface area contributed by atoms with E-state index < -0.39 is 59.9 Å². The maximum absolute atomic E-state index is 13.1. The molecular formula is C65H125NO11S. The van der Waals surface area contributed by atoms with Crippen molar-refractivity contribution in [2.45, 2.75) is 371 Å². The molecule has 0 spiro atoms. The van der Waals surface area contributed by atoms with Gasteiger partial charge in [-0.1, -0.05) is 301 Å². The second-order valence-electron chi connectivity index (χ2n) is 23.4. The number of carbonyl (C=O) groups excluding carboxylic acids is 1. The summed E-state index contributed by atoms with van der Waals surface area (Å²) in [6.07, 6.45) is 61.0. The van der Waals surface area contributed by atoms with E-state index in [1.807, 2.05) is 0 Å². The molecule has 0 saturated carbocycles. The molecule has 0 bridgehead atoms. The molecule has 462 valence electrons. The molecule has 1 rings (SSSR count). The fourth-order valence-electron chi connectivity index (χ4n) is 10.9. The topological polar surface area (TPSA) is 192 Å². The van der Waals surface area contributed by atoms with Crippen LogP contribution in [-0.2, 0) is 28.9 Å². The monoisotopic (exact) mass is 1130 g/mol. The minimum absolute atomic E-state index is 0.226. The Morgan fingerprint density at radius 2 is 0.859 bits per heavy atom. The normalized spacial score (nSPS) is 18.9. The van der Waals surface area contributed by atoms with Crippen LogP contribution in [0.5, 0.6) is 0 Å². The van der Waals surface area contributed by atoms with Crippen molar-refractivity contribution in [3.8, 4) is 0 Å². The average molecular weight is 1130 g/mol. The van der Waals surface area contributed by atoms with E-state index >= 15 is 0 Å². The van der Waals surface area contributed by atoms with Gasteiger partial charge in [0, 0.05) is 6.42 Å². The number of rotatable bonds is 59. The van der Waals surface area contributed by atoms with E-state index in [0.717, 1.165) is 57.8 Å². The van der Waals surface area contributed by atoms with E-state index in [1.54, 1.807) is 0 Å². The molecule has 13 heteroatoms. The van der Waals surface area contributed by atoms with Crippen LogP contribution in [0, 0.1) is 0 Å². The Morgan fingerprint density at radius 1 is 0.513 bits per heavy atom. The van der Waals surface area contributed by atoms with Crippen LogP contribution in [0.25, 0.3) is 0 Å². The van der Waals surface area contributed by atoms with E-state index in [1.165, 1.54) is 244 Å². The number of nitrogens with one attached hydrogen (secondary N) is 1. The number of carbonyl (C=O) groups is 1. The highest BCUT2D eigenvalue weighted by Crippen LogP contribution is 2.26. The molecule has 0 radical (unpaired) electrons. The van der Waals surface area contributed by atoms with E-state index in [0.29, 0.717) is 12.8 Å². The summed E-state index contributed by atoms with van der Waals surface area (Å²) in [6, 6.07) is -0.856. The van der Waals surface area contributed by atoms with E-state index in [2.05, 4.69) is 47.7 Å². The number of ether oxygens (including phenoxy) is 2. The van der Waals surface area contributed by atoms with Crippen LogP contribution in [0.1, 0.15) is 328 Å². The number of hydrogen-bond donors (Lipinski definition) is 6. The van der Waals surface area contributed by atoms with Gasteiger partial charge >= 0.3 is 10.4 Å². The van der Waals surface area contributed by atoms with Gasteiger partial charge in [0.1, 0.15) is 24.4 Å². The molecular weight excluding hydrogens is 1000 g/mol. The maximum atomic E-state index is 13.1. The lowest BCUT2D eigenvalue weighted by Crippen LogP contribution is -2.61. The lowest BCUT2D eigenvalue weighted by atomic mass is 9.99. The number of unbranched alkanes of at least 4 members (excludes halogenated alkanes) is 43. The Morgan fingerprint density at radius 3 is 1.22 bits per heavy atom. The third-order valence-electron chi connectivity index (χ3n) is 16.0. The highest BCUT2D eigenvalue weighted by atomic mass is 32.3. The van der Waals surface area contributed by atoms with Crippen molar-refractivity contribution >= 4 is 16.3 Å². The molecule has 78 heavy (non-hydrogen) atoms. The molecule has 1 fully saturated rings. The first kappa shape index (κ1) is 74.6. The molecule has 1 amide bonds. The largest absolute Gasteiger partial charge is 0.397 e. The molecule has 0 aliphatic carbocycles. The molecule has 0 aromatic carbocycles. The van der Waals surface area contributed by atoms with Gasteiger partial charge in [0.15, 0.2) is 6.29 Å². The zero-order valence-corrected chi connectivity index (χ0v) is 51.3. The zero-order valence-electron chi connectivity index (χ0n) is 50.5. The Bertz CT molecular complexity index is 1470. The van der Waals surface area contributed by atoms with Crippen molar-refractivity contribution in [1.82, 2.24) is 5.32 Å². The summed E-state index contributed by atoms with van der Waals surface area (Å²) in [7, 11) is -5.08. The van der Waals surface area contributed by atoms with Crippen molar-refractivity contribution in [2.24, 2.45) is 0 Å². The molecule has 12 nitrogen and oxygen atoms in total. The van der Waals surface area contributed by atoms with Gasteiger partial charge in [0.25, 0.3) is 0 Å². The van der Waals surface area contributed by atoms with Crippen molar-refractivity contribution in [1.29, 1.82) is 0 Å². The van der Waals surface area contributed by atoms with Crippen LogP contribution in [0.15, 0.2) is 24.3 Å². The summed E-state index contributed by atoms with van der Waals surface area (Å²) < 4.78 is 47.9. The van der Waals surface area contributed by atoms with Gasteiger partial charge in [-0.05, 0) is 44.9 Å². The standard InChI is InChI=1S/C65H125NO11S/c1-3-5-7-9-11-13-15-17-18-19-20-21-22-23-24-25-26-27-28-29-30-31-32-33-34-35-36-37-38-39-40-41-42-43-45-47-49-51-53-55-61(69)66-58(59(68)54-52-50-48-46-44-16-14-12-10-8-6-4-2)57-75-65-63(71)64(77-78(72,73)74)62(70)60(56-67)76-65/h26-27,29-30,58-60,62-65,67-68,70-71H,3-25,28,31-57H2,1-2H3,(H,66,69)(H,72,73,74)/b27-26-,30-29-. The third kappa shape index (κ3) is 46.1. The van der Waals surface area contributed by atoms with Gasteiger partial charge in [-0.25, -0.2) is 4.18 Å². The second-order valence-corrected chi connectivity index (χ2v) is 24.5. The second kappa shape index (κ2) is 54.8. The summed E-state index contributed by atoms with van der Waals surface area (Å²) in [4.78, 5) is 13.1. The molecule has 7 atom stereocenters. The highest BCUT2D eigenvalue weighted by molar-refractivity contribution is 7.80. The molecule has 1 heterocycles. The summed E-state index contributed by atoms with van der Waals surface area (Å²) in [6.45, 7) is 3.48. The van der Waals surface area contributed by atoms with Crippen LogP contribution in [0.4, 0.5) is 0 Å². The predicted molar refractivity (Wildman–Crippen MR) is 324 cm³/mol. The fraction of sp³-hybridized carbons (Fsp3) is 0.923. The van der Waals surface area contributed by atoms with Crippen molar-refractivity contribution in [3.63, 3.8) is 0 Å². The summed E-state index contributed by atoms with van der Waals surface area (Å²) in [5, 5.41) is 45.1. The lowest BCUT2D eigenvalue weighted by molar-refractivity contribution is -0.298. The Hall–Kier alpha value is -1.42. The van der Waals surface area contributed by atoms with E-state index in [9.17, 15) is 38.2 Å². The summed E-state index contributed by atoms with van der Waals surface area (Å²) >= 11 is 0. The van der Waals surface area contributed by atoms with Crippen molar-refractivity contribution in [2.75, 3.05) is 13.2 Å². The molecule has 0 aromatic rings. The van der Waals surface area contributed by atoms with Crippen LogP contribution in [0.2, 0.25) is 0 Å². The lowest BCUT2D eigenvalue weighted by Gasteiger charge is -2.41. The number of allylic oxidation sites excluding steroid dienone is 4. The number of aliphatic hydroxyl groups is 4. The fourth-order valence-corrected chi connectivity index (χ4v) is 11.4. The third-order valence-corrected chi connectivity index (χ3v) is 16.5. The van der Waals surface area contributed by atoms with Crippen LogP contribution >= 0.6 is 0 Å². The first-order chi connectivity index (χ1) is 38.0. The Kier molecular flexibility index (Phi) is 52.4. The van der Waals surface area contributed by atoms with Gasteiger partial charge < -0.3 is 35.2 Å². The Labute approximate surface area is 480 Å². The van der Waals surface area contributed by atoms with Gasteiger partial charge in [0.05, 0.1) is 25.4 Å². The first-order valence-corrected chi connectivity index (χ1v) is 34.6. The molecule has 0 aromatic heterocycles. The number of amides is 1. The average Bonchev–Trinajstić information content (AvgIpc) is 3.44. The first-order valence-electron chi connectivity index (χ1n) is 33.2. The summed E-state index contributed by atoms with van der Waals surface area (Å²) in [5.74, 6) is -0.226. The smallest absolute Gasteiger partial charge is 0.394 e. The molecule has 1 aliphatic heterocycles. The summed E-state index contributed by atoms with van der Waals surface area (Å²) in [5.41, 5.74) is 0. The van der Waals surface area contributed by atoms with Gasteiger partial charge in [0.2, 0.25) is 5.91 Å². The predicted octanol–water partition coefficient (Wildman–Crippen LogP) is 16.7. The molecule has 6 N–H and O–H groups in total. The molecule has 7 unspecified atom stereocenters. The zero-order chi connectivity index (χ0) is 56.8. The highest BCUT2D eigenvalue weighted by Gasteiger charge is 2.48. The van der Waals surface area contributed by atoms with E-state index in [-0.39, 0.29) is 12.5 Å². The van der Waals surface area contributed by atoms with Crippen LogP contribution in [0.3, 0.4) is 0 Å². The molecule has 1 saturated heterocycles.